The van der Waals surface area contributed by atoms with Crippen LogP contribution in [0.15, 0.2) is 0 Å². The van der Waals surface area contributed by atoms with Gasteiger partial charge in [0, 0.05) is 18.1 Å². The maximum absolute atomic E-state index is 9.09. The van der Waals surface area contributed by atoms with Crippen LogP contribution in [0.3, 0.4) is 0 Å². The molecule has 0 saturated heterocycles. The van der Waals surface area contributed by atoms with Crippen molar-refractivity contribution in [2.75, 3.05) is 13.2 Å². The standard InChI is InChI=1S/C12H25NO/c1-12(2,3)13(9-10-14)11-7-5-4-6-8-11/h11,14H,4-10H2,1-3H3. The third-order valence-corrected chi connectivity index (χ3v) is 3.22. The van der Waals surface area contributed by atoms with Gasteiger partial charge in [-0.25, -0.2) is 0 Å². The van der Waals surface area contributed by atoms with Gasteiger partial charge in [-0.1, -0.05) is 19.3 Å². The van der Waals surface area contributed by atoms with Crippen molar-refractivity contribution >= 4 is 0 Å². The zero-order valence-electron chi connectivity index (χ0n) is 9.92. The number of β-amino-alcohol motifs (C(OH)–C–C–N with tert-alkyl or cyclic N) is 1. The Hall–Kier alpha value is -0.0800. The van der Waals surface area contributed by atoms with Crippen LogP contribution < -0.4 is 0 Å². The minimum absolute atomic E-state index is 0.199. The van der Waals surface area contributed by atoms with Crippen molar-refractivity contribution in [2.45, 2.75) is 64.5 Å². The number of nitrogens with zero attached hydrogens (tertiary/aromatic N) is 1. The highest BCUT2D eigenvalue weighted by atomic mass is 16.3. The van der Waals surface area contributed by atoms with Crippen molar-refractivity contribution in [3.05, 3.63) is 0 Å². The van der Waals surface area contributed by atoms with Crippen LogP contribution in [-0.2, 0) is 0 Å². The van der Waals surface area contributed by atoms with Crippen LogP contribution >= 0.6 is 0 Å². The van der Waals surface area contributed by atoms with Crippen molar-refractivity contribution in [2.24, 2.45) is 0 Å². The zero-order chi connectivity index (χ0) is 10.6. The first kappa shape index (κ1) is 12.0. The summed E-state index contributed by atoms with van der Waals surface area (Å²) in [6, 6.07) is 0.705. The lowest BCUT2D eigenvalue weighted by molar-refractivity contribution is 0.0429. The molecule has 1 aliphatic carbocycles. The molecule has 14 heavy (non-hydrogen) atoms. The normalized spacial score (nSPS) is 20.4. The number of hydrogen-bond donors (Lipinski definition) is 1. The van der Waals surface area contributed by atoms with E-state index in [1.165, 1.54) is 32.1 Å². The molecule has 0 bridgehead atoms. The first-order valence-electron chi connectivity index (χ1n) is 5.93. The molecule has 1 N–H and O–H groups in total. The monoisotopic (exact) mass is 199 g/mol. The molecule has 2 heteroatoms. The molecule has 2 nitrogen and oxygen atoms in total. The summed E-state index contributed by atoms with van der Waals surface area (Å²) in [4.78, 5) is 2.48. The van der Waals surface area contributed by atoms with Crippen molar-refractivity contribution in [3.63, 3.8) is 0 Å². The van der Waals surface area contributed by atoms with E-state index >= 15 is 0 Å². The topological polar surface area (TPSA) is 23.5 Å². The lowest BCUT2D eigenvalue weighted by Crippen LogP contribution is -2.50. The van der Waals surface area contributed by atoms with Gasteiger partial charge in [-0.05, 0) is 33.6 Å². The molecule has 0 aromatic rings. The highest BCUT2D eigenvalue weighted by molar-refractivity contribution is 4.84. The third-order valence-electron chi connectivity index (χ3n) is 3.22. The lowest BCUT2D eigenvalue weighted by Gasteiger charge is -2.43. The van der Waals surface area contributed by atoms with Gasteiger partial charge in [0.25, 0.3) is 0 Å². The predicted molar refractivity (Wildman–Crippen MR) is 60.4 cm³/mol. The molecule has 1 saturated carbocycles. The van der Waals surface area contributed by atoms with Gasteiger partial charge in [0.1, 0.15) is 0 Å². The molecule has 0 spiro atoms. The van der Waals surface area contributed by atoms with E-state index in [0.717, 1.165) is 6.54 Å². The maximum atomic E-state index is 9.09. The van der Waals surface area contributed by atoms with Crippen molar-refractivity contribution in [1.29, 1.82) is 0 Å². The van der Waals surface area contributed by atoms with E-state index in [2.05, 4.69) is 25.7 Å². The van der Waals surface area contributed by atoms with Gasteiger partial charge in [0.2, 0.25) is 0 Å². The van der Waals surface area contributed by atoms with Crippen molar-refractivity contribution < 1.29 is 5.11 Å². The summed E-state index contributed by atoms with van der Waals surface area (Å²) in [5.41, 5.74) is 0.199. The number of aliphatic hydroxyl groups excluding tert-OH is 1. The van der Waals surface area contributed by atoms with Crippen LogP contribution in [0.4, 0.5) is 0 Å². The maximum Gasteiger partial charge on any atom is 0.0558 e. The first-order valence-corrected chi connectivity index (χ1v) is 5.93. The molecular formula is C12H25NO. The Balaban J connectivity index is 2.56. The van der Waals surface area contributed by atoms with Gasteiger partial charge < -0.3 is 5.11 Å². The number of rotatable bonds is 3. The van der Waals surface area contributed by atoms with Crippen LogP contribution in [0.1, 0.15) is 52.9 Å². The SMILES string of the molecule is CC(C)(C)N(CCO)C1CCCCC1. The molecule has 1 rings (SSSR count). The molecule has 0 amide bonds. The second-order valence-corrected chi connectivity index (χ2v) is 5.38. The Morgan fingerprint density at radius 2 is 1.71 bits per heavy atom. The lowest BCUT2D eigenvalue weighted by atomic mass is 9.91. The minimum atomic E-state index is 0.199. The van der Waals surface area contributed by atoms with E-state index in [4.69, 9.17) is 5.11 Å². The van der Waals surface area contributed by atoms with E-state index in [1.54, 1.807) is 0 Å². The average molecular weight is 199 g/mol. The van der Waals surface area contributed by atoms with Crippen LogP contribution in [0.5, 0.6) is 0 Å². The number of hydrogen-bond acceptors (Lipinski definition) is 2. The summed E-state index contributed by atoms with van der Waals surface area (Å²) >= 11 is 0. The minimum Gasteiger partial charge on any atom is -0.395 e. The molecule has 0 aromatic carbocycles. The average Bonchev–Trinajstić information content (AvgIpc) is 2.14. The first-order chi connectivity index (χ1) is 6.55. The summed E-state index contributed by atoms with van der Waals surface area (Å²) in [7, 11) is 0. The fraction of sp³-hybridized carbons (Fsp3) is 1.00. The van der Waals surface area contributed by atoms with Gasteiger partial charge in [-0.3, -0.25) is 4.90 Å². The summed E-state index contributed by atoms with van der Waals surface area (Å²) < 4.78 is 0. The molecule has 0 aromatic heterocycles. The van der Waals surface area contributed by atoms with Crippen LogP contribution in [0.2, 0.25) is 0 Å². The van der Waals surface area contributed by atoms with Gasteiger partial charge in [-0.15, -0.1) is 0 Å². The Bertz CT molecular complexity index is 156. The van der Waals surface area contributed by atoms with Crippen molar-refractivity contribution in [3.8, 4) is 0 Å². The summed E-state index contributed by atoms with van der Waals surface area (Å²) in [6.07, 6.45) is 6.76. The molecule has 0 unspecified atom stereocenters. The van der Waals surface area contributed by atoms with E-state index < -0.39 is 0 Å². The number of aliphatic hydroxyl groups is 1. The highest BCUT2D eigenvalue weighted by Crippen LogP contribution is 2.27. The summed E-state index contributed by atoms with van der Waals surface area (Å²) in [6.45, 7) is 7.85. The van der Waals surface area contributed by atoms with Gasteiger partial charge >= 0.3 is 0 Å². The second kappa shape index (κ2) is 5.13. The molecular weight excluding hydrogens is 174 g/mol. The van der Waals surface area contributed by atoms with Crippen LogP contribution in [0, 0.1) is 0 Å². The summed E-state index contributed by atoms with van der Waals surface area (Å²) in [5.74, 6) is 0. The van der Waals surface area contributed by atoms with Crippen molar-refractivity contribution in [1.82, 2.24) is 4.90 Å². The second-order valence-electron chi connectivity index (χ2n) is 5.38. The molecule has 0 radical (unpaired) electrons. The largest absolute Gasteiger partial charge is 0.395 e. The molecule has 0 heterocycles. The van der Waals surface area contributed by atoms with E-state index in [1.807, 2.05) is 0 Å². The quantitative estimate of drug-likeness (QED) is 0.754. The third kappa shape index (κ3) is 3.25. The van der Waals surface area contributed by atoms with Gasteiger partial charge in [-0.2, -0.15) is 0 Å². The molecule has 1 fully saturated rings. The fourth-order valence-electron chi connectivity index (χ4n) is 2.57. The van der Waals surface area contributed by atoms with Gasteiger partial charge in [0.05, 0.1) is 6.61 Å². The van der Waals surface area contributed by atoms with Gasteiger partial charge in [0.15, 0.2) is 0 Å². The van der Waals surface area contributed by atoms with E-state index in [9.17, 15) is 0 Å². The molecule has 1 aliphatic rings. The van der Waals surface area contributed by atoms with E-state index in [-0.39, 0.29) is 12.1 Å². The Morgan fingerprint density at radius 3 is 2.14 bits per heavy atom. The highest BCUT2D eigenvalue weighted by Gasteiger charge is 2.28. The zero-order valence-corrected chi connectivity index (χ0v) is 9.92. The Labute approximate surface area is 88.3 Å². The van der Waals surface area contributed by atoms with E-state index in [0.29, 0.717) is 6.04 Å². The Morgan fingerprint density at radius 1 is 1.14 bits per heavy atom. The molecule has 0 aliphatic heterocycles. The Kier molecular flexibility index (Phi) is 4.39. The molecule has 84 valence electrons. The van der Waals surface area contributed by atoms with Crippen LogP contribution in [-0.4, -0.2) is 34.7 Å². The fourth-order valence-corrected chi connectivity index (χ4v) is 2.57. The summed E-state index contributed by atoms with van der Waals surface area (Å²) in [5, 5.41) is 9.09. The smallest absolute Gasteiger partial charge is 0.0558 e. The predicted octanol–water partition coefficient (Wildman–Crippen LogP) is 2.41. The molecule has 0 atom stereocenters. The van der Waals surface area contributed by atoms with Crippen LogP contribution in [0.25, 0.3) is 0 Å².